The van der Waals surface area contributed by atoms with Gasteiger partial charge in [0.2, 0.25) is 0 Å². The van der Waals surface area contributed by atoms with Gasteiger partial charge in [-0.05, 0) is 0 Å². The predicted octanol–water partition coefficient (Wildman–Crippen LogP) is -8.46. The third-order valence-corrected chi connectivity index (χ3v) is 1.06. The molecule has 0 aliphatic carbocycles. The van der Waals surface area contributed by atoms with Crippen LogP contribution in [0.5, 0.6) is 0 Å². The quantitative estimate of drug-likeness (QED) is 0.444. The second-order valence-corrected chi connectivity index (χ2v) is 2.26. The van der Waals surface area contributed by atoms with Crippen molar-refractivity contribution < 1.29 is 97.6 Å². The largest absolute Gasteiger partial charge is 3.00 e. The van der Waals surface area contributed by atoms with E-state index in [1.807, 2.05) is 0 Å². The zero-order valence-electron chi connectivity index (χ0n) is 7.83. The van der Waals surface area contributed by atoms with Gasteiger partial charge in [0.25, 0.3) is 0 Å². The van der Waals surface area contributed by atoms with Gasteiger partial charge in [0, 0.05) is 19.6 Å². The van der Waals surface area contributed by atoms with Crippen molar-refractivity contribution in [2.45, 2.75) is 0 Å². The van der Waals surface area contributed by atoms with Crippen LogP contribution >= 0.6 is 0 Å². The number of rotatable bonds is 6. The second kappa shape index (κ2) is 11.0. The van der Waals surface area contributed by atoms with E-state index >= 15 is 0 Å². The Labute approximate surface area is 138 Å². The summed E-state index contributed by atoms with van der Waals surface area (Å²) in [5, 5.41) is 30.0. The molecule has 7 nitrogen and oxygen atoms in total. The summed E-state index contributed by atoms with van der Waals surface area (Å²) in [6.07, 6.45) is 0. The topological polar surface area (TPSA) is 124 Å². The Hall–Kier alpha value is 0.500. The summed E-state index contributed by atoms with van der Waals surface area (Å²) < 4.78 is 0. The van der Waals surface area contributed by atoms with Crippen molar-refractivity contribution >= 4 is 17.9 Å². The number of aliphatic carboxylic acids is 3. The molecule has 0 unspecified atom stereocenters. The van der Waals surface area contributed by atoms with Crippen LogP contribution in [0.2, 0.25) is 0 Å². The molecule has 0 saturated heterocycles. The molecule has 0 fully saturated rings. The average molecular weight is 286 g/mol. The summed E-state index contributed by atoms with van der Waals surface area (Å²) in [6.45, 7) is -2.37. The molecule has 0 aromatic rings. The van der Waals surface area contributed by atoms with Crippen LogP contribution in [0.25, 0.3) is 0 Å². The minimum absolute atomic E-state index is 0. The van der Waals surface area contributed by atoms with E-state index in [0.717, 1.165) is 0 Å². The number of carbonyl (C=O) groups is 3. The maximum Gasteiger partial charge on any atom is 3.00 e. The molecule has 0 heterocycles. The molecule has 0 aliphatic heterocycles. The molecule has 0 aromatic heterocycles. The Morgan fingerprint density at radius 1 is 0.800 bits per heavy atom. The first-order valence-electron chi connectivity index (χ1n) is 3.23. The molecule has 0 atom stereocenters. The Kier molecular flexibility index (Phi) is 15.3. The standard InChI is InChI=1S/C6H9NO6.K.Ni/c8-4(9)1-7(2-5(10)11)3-6(12)13;;/h1-3H2,(H,8,9)(H,10,11)(H,12,13);;/q;+1;+3/p-3. The number of carboxylic acids is 3. The van der Waals surface area contributed by atoms with E-state index in [-0.39, 0.29) is 67.9 Å². The summed E-state index contributed by atoms with van der Waals surface area (Å²) in [5.41, 5.74) is 0. The fourth-order valence-corrected chi connectivity index (χ4v) is 0.715. The Morgan fingerprint density at radius 2 is 1.00 bits per heavy atom. The summed E-state index contributed by atoms with van der Waals surface area (Å²) in [6, 6.07) is 0. The third kappa shape index (κ3) is 14.5. The van der Waals surface area contributed by atoms with Gasteiger partial charge in [0.05, 0.1) is 17.9 Å². The van der Waals surface area contributed by atoms with E-state index in [0.29, 0.717) is 4.90 Å². The third-order valence-electron chi connectivity index (χ3n) is 1.06. The molecule has 0 aromatic carbocycles. The van der Waals surface area contributed by atoms with Crippen molar-refractivity contribution in [1.29, 1.82) is 0 Å². The van der Waals surface area contributed by atoms with Crippen molar-refractivity contribution in [3.05, 3.63) is 0 Å². The van der Waals surface area contributed by atoms with Crippen LogP contribution < -0.4 is 66.7 Å². The fourth-order valence-electron chi connectivity index (χ4n) is 0.715. The zero-order chi connectivity index (χ0) is 10.4. The van der Waals surface area contributed by atoms with Crippen molar-refractivity contribution in [3.63, 3.8) is 0 Å². The molecular formula is C6H6KNNiO6+. The van der Waals surface area contributed by atoms with Crippen molar-refractivity contribution in [2.24, 2.45) is 0 Å². The predicted molar refractivity (Wildman–Crippen MR) is 31.5 cm³/mol. The van der Waals surface area contributed by atoms with E-state index in [9.17, 15) is 29.7 Å². The van der Waals surface area contributed by atoms with Gasteiger partial charge < -0.3 is 29.7 Å². The van der Waals surface area contributed by atoms with Crippen LogP contribution in [0.1, 0.15) is 0 Å². The fraction of sp³-hybridized carbons (Fsp3) is 0.500. The van der Waals surface area contributed by atoms with E-state index < -0.39 is 37.5 Å². The normalized spacial score (nSPS) is 8.60. The number of carboxylic acid groups (broad SMARTS) is 3. The minimum atomic E-state index is -1.57. The average Bonchev–Trinajstić information content (AvgIpc) is 1.80. The van der Waals surface area contributed by atoms with Crippen molar-refractivity contribution in [3.8, 4) is 0 Å². The maximum atomic E-state index is 9.99. The first kappa shape index (κ1) is 20.9. The Balaban J connectivity index is -0.000000720. The van der Waals surface area contributed by atoms with Gasteiger partial charge in [-0.15, -0.1) is 0 Å². The van der Waals surface area contributed by atoms with Gasteiger partial charge in [0.15, 0.2) is 0 Å². The molecule has 1 radical (unpaired) electrons. The van der Waals surface area contributed by atoms with E-state index in [2.05, 4.69) is 0 Å². The van der Waals surface area contributed by atoms with Crippen LogP contribution in [-0.2, 0) is 30.9 Å². The summed E-state index contributed by atoms with van der Waals surface area (Å²) in [7, 11) is 0. The van der Waals surface area contributed by atoms with Gasteiger partial charge in [-0.3, -0.25) is 4.90 Å². The number of hydrogen-bond donors (Lipinski definition) is 0. The number of nitrogens with zero attached hydrogens (tertiary/aromatic N) is 1. The minimum Gasteiger partial charge on any atom is -0.549 e. The molecule has 0 bridgehead atoms. The van der Waals surface area contributed by atoms with Crippen molar-refractivity contribution in [2.75, 3.05) is 19.6 Å². The molecule has 0 spiro atoms. The van der Waals surface area contributed by atoms with Crippen LogP contribution in [-0.4, -0.2) is 42.4 Å². The van der Waals surface area contributed by atoms with Crippen LogP contribution in [0, 0.1) is 0 Å². The first-order chi connectivity index (χ1) is 5.91. The molecule has 0 rings (SSSR count). The Bertz CT molecular complexity index is 198. The molecule has 9 heteroatoms. The van der Waals surface area contributed by atoms with Crippen LogP contribution in [0.4, 0.5) is 0 Å². The SMILES string of the molecule is O=C([O-])CN(CC(=O)[O-])CC(=O)[O-].[K+].[Ni+3]. The van der Waals surface area contributed by atoms with Gasteiger partial charge >= 0.3 is 67.9 Å². The molecule has 0 amide bonds. The van der Waals surface area contributed by atoms with Crippen LogP contribution in [0.3, 0.4) is 0 Å². The molecule has 81 valence electrons. The van der Waals surface area contributed by atoms with Gasteiger partial charge in [-0.1, -0.05) is 0 Å². The van der Waals surface area contributed by atoms with E-state index in [1.54, 1.807) is 0 Å². The molecule has 0 N–H and O–H groups in total. The molecule has 0 aliphatic rings. The number of carbonyl (C=O) groups excluding carboxylic acids is 3. The van der Waals surface area contributed by atoms with E-state index in [4.69, 9.17) is 0 Å². The smallest absolute Gasteiger partial charge is 0.549 e. The Morgan fingerprint density at radius 3 is 1.13 bits per heavy atom. The van der Waals surface area contributed by atoms with Gasteiger partial charge in [-0.2, -0.15) is 0 Å². The van der Waals surface area contributed by atoms with Crippen LogP contribution in [0.15, 0.2) is 0 Å². The maximum absolute atomic E-state index is 9.99. The monoisotopic (exact) mass is 285 g/mol. The first-order valence-corrected chi connectivity index (χ1v) is 3.23. The van der Waals surface area contributed by atoms with Gasteiger partial charge in [-0.25, -0.2) is 0 Å². The van der Waals surface area contributed by atoms with E-state index in [1.165, 1.54) is 0 Å². The van der Waals surface area contributed by atoms with Gasteiger partial charge in [0.1, 0.15) is 0 Å². The molecule has 15 heavy (non-hydrogen) atoms. The summed E-state index contributed by atoms with van der Waals surface area (Å²) in [4.78, 5) is 30.6. The number of hydrogen-bond acceptors (Lipinski definition) is 7. The zero-order valence-corrected chi connectivity index (χ0v) is 11.9. The second-order valence-electron chi connectivity index (χ2n) is 2.26. The molecule has 0 saturated carbocycles. The van der Waals surface area contributed by atoms with Crippen molar-refractivity contribution in [1.82, 2.24) is 4.90 Å². The summed E-state index contributed by atoms with van der Waals surface area (Å²) in [5.74, 6) is -4.70. The molecular weight excluding hydrogens is 280 g/mol. The summed E-state index contributed by atoms with van der Waals surface area (Å²) >= 11 is 0.